The van der Waals surface area contributed by atoms with E-state index in [0.29, 0.717) is 0 Å². The Morgan fingerprint density at radius 3 is 2.96 bits per heavy atom. The highest BCUT2D eigenvalue weighted by Crippen LogP contribution is 2.34. The van der Waals surface area contributed by atoms with Crippen LogP contribution in [0.3, 0.4) is 0 Å². The van der Waals surface area contributed by atoms with Crippen LogP contribution in [0.25, 0.3) is 5.95 Å². The number of hydrogen-bond donors (Lipinski definition) is 1. The van der Waals surface area contributed by atoms with Gasteiger partial charge in [-0.25, -0.2) is 9.67 Å². The molecule has 0 spiro atoms. The molecular formula is C17H14N6O2. The number of carbonyl (C=O) groups excluding carboxylic acids is 1. The zero-order valence-electron chi connectivity index (χ0n) is 13.2. The Morgan fingerprint density at radius 1 is 1.28 bits per heavy atom. The molecule has 1 aromatic carbocycles. The molecule has 2 aromatic heterocycles. The van der Waals surface area contributed by atoms with Gasteiger partial charge in [-0.2, -0.15) is 10.1 Å². The molecule has 1 atom stereocenters. The van der Waals surface area contributed by atoms with Gasteiger partial charge < -0.3 is 5.32 Å². The molecule has 1 aliphatic carbocycles. The van der Waals surface area contributed by atoms with Crippen LogP contribution in [0.2, 0.25) is 0 Å². The van der Waals surface area contributed by atoms with E-state index >= 15 is 0 Å². The second-order valence-corrected chi connectivity index (χ2v) is 5.73. The van der Waals surface area contributed by atoms with Crippen molar-refractivity contribution >= 4 is 17.4 Å². The van der Waals surface area contributed by atoms with E-state index in [1.165, 1.54) is 16.4 Å². The molecule has 8 heteroatoms. The molecule has 0 saturated heterocycles. The minimum Gasteiger partial charge on any atom is -0.321 e. The molecule has 0 fully saturated rings. The summed E-state index contributed by atoms with van der Waals surface area (Å²) < 4.78 is 1.41. The summed E-state index contributed by atoms with van der Waals surface area (Å²) in [4.78, 5) is 31.9. The number of nitrogens with one attached hydrogen (secondary N) is 1. The van der Waals surface area contributed by atoms with E-state index in [1.54, 1.807) is 18.5 Å². The van der Waals surface area contributed by atoms with E-state index in [1.807, 2.05) is 24.3 Å². The number of rotatable bonds is 4. The van der Waals surface area contributed by atoms with E-state index in [0.717, 1.165) is 18.4 Å². The molecule has 3 aromatic rings. The first-order chi connectivity index (χ1) is 12.3. The largest absolute Gasteiger partial charge is 0.321 e. The lowest BCUT2D eigenvalue weighted by molar-refractivity contribution is -0.117. The van der Waals surface area contributed by atoms with Crippen molar-refractivity contribution in [3.8, 4) is 5.95 Å². The maximum absolute atomic E-state index is 12.6. The van der Waals surface area contributed by atoms with Gasteiger partial charge in [0.1, 0.15) is 5.69 Å². The fourth-order valence-corrected chi connectivity index (χ4v) is 3.07. The molecule has 2 heterocycles. The highest BCUT2D eigenvalue weighted by Gasteiger charge is 2.29. The van der Waals surface area contributed by atoms with E-state index < -0.39 is 0 Å². The molecule has 4 rings (SSSR count). The van der Waals surface area contributed by atoms with Crippen molar-refractivity contribution in [2.24, 2.45) is 5.18 Å². The van der Waals surface area contributed by atoms with Crippen LogP contribution in [0, 0.1) is 4.91 Å². The lowest BCUT2D eigenvalue weighted by atomic mass is 10.0. The first kappa shape index (κ1) is 15.1. The fourth-order valence-electron chi connectivity index (χ4n) is 3.07. The zero-order valence-corrected chi connectivity index (χ0v) is 13.2. The zero-order chi connectivity index (χ0) is 17.2. The summed E-state index contributed by atoms with van der Waals surface area (Å²) in [6.07, 6.45) is 6.20. The maximum Gasteiger partial charge on any atom is 0.252 e. The van der Waals surface area contributed by atoms with Gasteiger partial charge in [-0.3, -0.25) is 4.79 Å². The van der Waals surface area contributed by atoms with Crippen LogP contribution in [-0.2, 0) is 11.2 Å². The summed E-state index contributed by atoms with van der Waals surface area (Å²) in [5.74, 6) is -0.351. The van der Waals surface area contributed by atoms with Gasteiger partial charge in [0.05, 0.1) is 12.1 Å². The number of anilines is 1. The third-order valence-corrected chi connectivity index (χ3v) is 4.26. The predicted molar refractivity (Wildman–Crippen MR) is 90.7 cm³/mol. The van der Waals surface area contributed by atoms with Gasteiger partial charge in [0, 0.05) is 12.4 Å². The van der Waals surface area contributed by atoms with Crippen LogP contribution in [0.1, 0.15) is 23.5 Å². The molecular weight excluding hydrogens is 320 g/mol. The van der Waals surface area contributed by atoms with Crippen molar-refractivity contribution in [3.05, 3.63) is 65.0 Å². The lowest BCUT2D eigenvalue weighted by Crippen LogP contribution is -2.20. The predicted octanol–water partition coefficient (Wildman–Crippen LogP) is 2.73. The second-order valence-electron chi connectivity index (χ2n) is 5.73. The first-order valence-electron chi connectivity index (χ1n) is 7.85. The molecule has 8 nitrogen and oxygen atoms in total. The Morgan fingerprint density at radius 2 is 2.16 bits per heavy atom. The molecule has 0 saturated carbocycles. The maximum atomic E-state index is 12.6. The van der Waals surface area contributed by atoms with Gasteiger partial charge in [-0.05, 0) is 35.2 Å². The quantitative estimate of drug-likeness (QED) is 0.739. The number of carbonyl (C=O) groups is 1. The fraction of sp³-hybridized carbons (Fsp3) is 0.176. The Hall–Kier alpha value is -3.42. The third kappa shape index (κ3) is 2.78. The number of aromatic nitrogens is 4. The van der Waals surface area contributed by atoms with Crippen LogP contribution >= 0.6 is 0 Å². The second kappa shape index (κ2) is 6.23. The number of benzene rings is 1. The minimum atomic E-state index is -0.249. The summed E-state index contributed by atoms with van der Waals surface area (Å²) in [5.41, 5.74) is 2.40. The molecule has 124 valence electrons. The van der Waals surface area contributed by atoms with Crippen LogP contribution < -0.4 is 5.32 Å². The highest BCUT2D eigenvalue weighted by atomic mass is 16.3. The van der Waals surface area contributed by atoms with E-state index in [-0.39, 0.29) is 29.3 Å². The minimum absolute atomic E-state index is 0.125. The summed E-state index contributed by atoms with van der Waals surface area (Å²) in [5, 5.41) is 9.64. The molecule has 1 amide bonds. The number of hydrogen-bond acceptors (Lipinski definition) is 6. The molecule has 1 unspecified atom stereocenters. The Balaban J connectivity index is 1.59. The smallest absolute Gasteiger partial charge is 0.252 e. The van der Waals surface area contributed by atoms with Crippen LogP contribution in [0.15, 0.2) is 54.1 Å². The Bertz CT molecular complexity index is 938. The van der Waals surface area contributed by atoms with Crippen molar-refractivity contribution in [1.82, 2.24) is 19.7 Å². The van der Waals surface area contributed by atoms with Crippen molar-refractivity contribution in [2.75, 3.05) is 5.32 Å². The summed E-state index contributed by atoms with van der Waals surface area (Å²) in [6.45, 7) is 0. The number of aryl methyl sites for hydroxylation is 1. The normalized spacial score (nSPS) is 15.6. The van der Waals surface area contributed by atoms with Crippen molar-refractivity contribution < 1.29 is 4.79 Å². The van der Waals surface area contributed by atoms with E-state index in [9.17, 15) is 9.70 Å². The van der Waals surface area contributed by atoms with Crippen molar-refractivity contribution in [3.63, 3.8) is 0 Å². The van der Waals surface area contributed by atoms with Gasteiger partial charge in [0.25, 0.3) is 5.95 Å². The average Bonchev–Trinajstić information content (AvgIpc) is 3.32. The summed E-state index contributed by atoms with van der Waals surface area (Å²) in [6, 6.07) is 9.59. The number of amides is 1. The molecule has 0 radical (unpaired) electrons. The van der Waals surface area contributed by atoms with E-state index in [2.05, 4.69) is 25.6 Å². The van der Waals surface area contributed by atoms with Crippen LogP contribution in [0.5, 0.6) is 0 Å². The van der Waals surface area contributed by atoms with Gasteiger partial charge in [-0.15, -0.1) is 4.91 Å². The molecule has 1 N–H and O–H groups in total. The summed E-state index contributed by atoms with van der Waals surface area (Å²) >= 11 is 0. The topological polar surface area (TPSA) is 102 Å². The Labute approximate surface area is 142 Å². The standard InChI is InChI=1S/C17H14N6O2/c24-16(13-7-6-11-4-1-2-5-12(11)13)20-14-10-18-17(21-15(14)22-25)23-9-3-8-19-23/h1-5,8-10,13H,6-7H2,(H,20,24). The van der Waals surface area contributed by atoms with Crippen molar-refractivity contribution in [2.45, 2.75) is 18.8 Å². The molecule has 1 aliphatic rings. The summed E-state index contributed by atoms with van der Waals surface area (Å²) in [7, 11) is 0. The lowest BCUT2D eigenvalue weighted by Gasteiger charge is -2.13. The number of nitroso groups, excluding NO2 is 1. The average molecular weight is 334 g/mol. The van der Waals surface area contributed by atoms with Gasteiger partial charge in [0.15, 0.2) is 0 Å². The number of nitrogens with zero attached hydrogens (tertiary/aromatic N) is 5. The van der Waals surface area contributed by atoms with Gasteiger partial charge >= 0.3 is 0 Å². The highest BCUT2D eigenvalue weighted by molar-refractivity contribution is 5.98. The first-order valence-corrected chi connectivity index (χ1v) is 7.85. The third-order valence-electron chi connectivity index (χ3n) is 4.26. The molecule has 25 heavy (non-hydrogen) atoms. The molecule has 0 bridgehead atoms. The number of fused-ring (bicyclic) bond motifs is 1. The monoisotopic (exact) mass is 334 g/mol. The van der Waals surface area contributed by atoms with Gasteiger partial charge in [-0.1, -0.05) is 24.3 Å². The Kier molecular flexibility index (Phi) is 3.77. The SMILES string of the molecule is O=Nc1nc(-n2cccn2)ncc1NC(=O)C1CCc2ccccc21. The van der Waals surface area contributed by atoms with Crippen molar-refractivity contribution in [1.29, 1.82) is 0 Å². The van der Waals surface area contributed by atoms with Crippen LogP contribution in [0.4, 0.5) is 11.5 Å². The van der Waals surface area contributed by atoms with Crippen LogP contribution in [-0.4, -0.2) is 25.7 Å². The van der Waals surface area contributed by atoms with Gasteiger partial charge in [0.2, 0.25) is 11.7 Å². The van der Waals surface area contributed by atoms with E-state index in [4.69, 9.17) is 0 Å². The molecule has 0 aliphatic heterocycles.